The predicted molar refractivity (Wildman–Crippen MR) is 77.9 cm³/mol. The molecule has 2 heterocycles. The fourth-order valence-electron chi connectivity index (χ4n) is 2.45. The van der Waals surface area contributed by atoms with Crippen LogP contribution in [0.2, 0.25) is 5.02 Å². The number of pyridine rings is 1. The average Bonchev–Trinajstić information content (AvgIpc) is 2.89. The van der Waals surface area contributed by atoms with Gasteiger partial charge in [-0.2, -0.15) is 0 Å². The first-order chi connectivity index (χ1) is 9.25. The van der Waals surface area contributed by atoms with Crippen LogP contribution in [0.3, 0.4) is 0 Å². The fourth-order valence-corrected chi connectivity index (χ4v) is 3.59. The molecule has 0 radical (unpaired) electrons. The van der Waals surface area contributed by atoms with E-state index in [4.69, 9.17) is 11.6 Å². The summed E-state index contributed by atoms with van der Waals surface area (Å²) < 4.78 is 0. The lowest BCUT2D eigenvalue weighted by atomic mass is 9.87. The van der Waals surface area contributed by atoms with Crippen molar-refractivity contribution in [1.82, 2.24) is 4.98 Å². The Labute approximate surface area is 120 Å². The first-order valence-electron chi connectivity index (χ1n) is 6.22. The number of nitrogens with zero attached hydrogens (tertiary/aromatic N) is 1. The number of aryl methyl sites for hydroxylation is 1. The van der Waals surface area contributed by atoms with Crippen LogP contribution in [0.5, 0.6) is 0 Å². The van der Waals surface area contributed by atoms with Crippen LogP contribution in [0.4, 0.5) is 5.69 Å². The lowest BCUT2D eigenvalue weighted by Crippen LogP contribution is -2.24. The molecule has 19 heavy (non-hydrogen) atoms. The largest absolute Gasteiger partial charge is 0.323 e. The van der Waals surface area contributed by atoms with Crippen molar-refractivity contribution < 1.29 is 4.79 Å². The highest BCUT2D eigenvalue weighted by molar-refractivity contribution is 7.10. The quantitative estimate of drug-likeness (QED) is 0.913. The number of carbonyl (C=O) groups excluding carboxylic acids is 1. The van der Waals surface area contributed by atoms with Crippen LogP contribution in [0.1, 0.15) is 29.2 Å². The van der Waals surface area contributed by atoms with Gasteiger partial charge in [0.25, 0.3) is 0 Å². The first kappa shape index (κ1) is 12.6. The number of rotatable bonds is 2. The lowest BCUT2D eigenvalue weighted by molar-refractivity contribution is -0.117. The highest BCUT2D eigenvalue weighted by Crippen LogP contribution is 2.36. The van der Waals surface area contributed by atoms with Crippen molar-refractivity contribution in [3.8, 4) is 0 Å². The van der Waals surface area contributed by atoms with Crippen molar-refractivity contribution in [2.45, 2.75) is 25.2 Å². The number of thiophene rings is 1. The van der Waals surface area contributed by atoms with E-state index in [2.05, 4.69) is 21.7 Å². The van der Waals surface area contributed by atoms with Gasteiger partial charge in [0, 0.05) is 11.1 Å². The minimum absolute atomic E-state index is 0.00856. The van der Waals surface area contributed by atoms with Gasteiger partial charge in [0.15, 0.2) is 0 Å². The summed E-state index contributed by atoms with van der Waals surface area (Å²) in [6.07, 6.45) is 6.23. The van der Waals surface area contributed by atoms with Gasteiger partial charge in [-0.05, 0) is 42.3 Å². The topological polar surface area (TPSA) is 42.0 Å². The van der Waals surface area contributed by atoms with E-state index in [1.807, 2.05) is 0 Å². The molecule has 1 atom stereocenters. The number of carbonyl (C=O) groups is 1. The Morgan fingerprint density at radius 1 is 1.47 bits per heavy atom. The summed E-state index contributed by atoms with van der Waals surface area (Å²) in [5.41, 5.74) is 1.75. The Bertz CT molecular complexity index is 611. The third kappa shape index (κ3) is 2.51. The van der Waals surface area contributed by atoms with E-state index in [9.17, 15) is 4.79 Å². The monoisotopic (exact) mass is 292 g/mol. The Hall–Kier alpha value is -1.39. The molecule has 2 aromatic rings. The normalized spacial score (nSPS) is 17.8. The highest BCUT2D eigenvalue weighted by atomic mass is 35.5. The standard InChI is InChI=1S/C14H13ClN2OS/c15-11-4-6-16-8-12(11)17-14(18)10-2-1-3-13-9(10)5-7-19-13/h4-8,10H,1-3H2,(H,17,18). The summed E-state index contributed by atoms with van der Waals surface area (Å²) in [6, 6.07) is 3.74. The first-order valence-corrected chi connectivity index (χ1v) is 7.48. The second kappa shape index (κ2) is 5.31. The van der Waals surface area contributed by atoms with Gasteiger partial charge in [-0.25, -0.2) is 0 Å². The van der Waals surface area contributed by atoms with Gasteiger partial charge in [0.05, 0.1) is 22.8 Å². The molecule has 0 spiro atoms. The van der Waals surface area contributed by atoms with E-state index in [-0.39, 0.29) is 11.8 Å². The molecule has 2 aromatic heterocycles. The van der Waals surface area contributed by atoms with Crippen LogP contribution in [-0.2, 0) is 11.2 Å². The summed E-state index contributed by atoms with van der Waals surface area (Å²) in [6.45, 7) is 0. The van der Waals surface area contributed by atoms with Gasteiger partial charge in [-0.3, -0.25) is 9.78 Å². The van der Waals surface area contributed by atoms with Gasteiger partial charge < -0.3 is 5.32 Å². The van der Waals surface area contributed by atoms with E-state index in [1.54, 1.807) is 29.8 Å². The molecular weight excluding hydrogens is 280 g/mol. The molecule has 0 saturated carbocycles. The van der Waals surface area contributed by atoms with Crippen LogP contribution >= 0.6 is 22.9 Å². The molecule has 3 nitrogen and oxygen atoms in total. The minimum Gasteiger partial charge on any atom is -0.323 e. The summed E-state index contributed by atoms with van der Waals surface area (Å²) in [7, 11) is 0. The number of fused-ring (bicyclic) bond motifs is 1. The van der Waals surface area contributed by atoms with Gasteiger partial charge in [-0.15, -0.1) is 11.3 Å². The van der Waals surface area contributed by atoms with Crippen LogP contribution in [0.15, 0.2) is 29.9 Å². The van der Waals surface area contributed by atoms with Crippen molar-refractivity contribution in [2.24, 2.45) is 0 Å². The Balaban J connectivity index is 1.81. The maximum Gasteiger partial charge on any atom is 0.232 e. The van der Waals surface area contributed by atoms with Crippen LogP contribution in [-0.4, -0.2) is 10.9 Å². The third-order valence-electron chi connectivity index (χ3n) is 3.39. The molecule has 1 unspecified atom stereocenters. The molecule has 5 heteroatoms. The average molecular weight is 293 g/mol. The molecular formula is C14H13ClN2OS. The van der Waals surface area contributed by atoms with E-state index in [0.29, 0.717) is 10.7 Å². The summed E-state index contributed by atoms with van der Waals surface area (Å²) in [5.74, 6) is -0.0551. The third-order valence-corrected chi connectivity index (χ3v) is 4.72. The van der Waals surface area contributed by atoms with Crippen molar-refractivity contribution in [3.63, 3.8) is 0 Å². The van der Waals surface area contributed by atoms with Gasteiger partial charge in [-0.1, -0.05) is 11.6 Å². The Morgan fingerprint density at radius 3 is 3.21 bits per heavy atom. The zero-order chi connectivity index (χ0) is 13.2. The lowest BCUT2D eigenvalue weighted by Gasteiger charge is -2.21. The number of halogens is 1. The van der Waals surface area contributed by atoms with E-state index < -0.39 is 0 Å². The second-order valence-corrected chi connectivity index (χ2v) is 6.00. The zero-order valence-corrected chi connectivity index (χ0v) is 11.8. The van der Waals surface area contributed by atoms with E-state index in [1.165, 1.54) is 10.4 Å². The smallest absolute Gasteiger partial charge is 0.232 e. The molecule has 3 rings (SSSR count). The zero-order valence-electron chi connectivity index (χ0n) is 10.2. The summed E-state index contributed by atoms with van der Waals surface area (Å²) in [5, 5.41) is 5.46. The number of amides is 1. The number of hydrogen-bond acceptors (Lipinski definition) is 3. The van der Waals surface area contributed by atoms with Crippen molar-refractivity contribution >= 4 is 34.5 Å². The maximum atomic E-state index is 12.4. The maximum absolute atomic E-state index is 12.4. The molecule has 1 aliphatic carbocycles. The van der Waals surface area contributed by atoms with E-state index >= 15 is 0 Å². The summed E-state index contributed by atoms with van der Waals surface area (Å²) >= 11 is 7.77. The van der Waals surface area contributed by atoms with E-state index in [0.717, 1.165) is 19.3 Å². The molecule has 1 N–H and O–H groups in total. The predicted octanol–water partition coefficient (Wildman–Crippen LogP) is 3.86. The molecule has 1 amide bonds. The number of hydrogen-bond donors (Lipinski definition) is 1. The fraction of sp³-hybridized carbons (Fsp3) is 0.286. The van der Waals surface area contributed by atoms with Gasteiger partial charge >= 0.3 is 0 Å². The molecule has 98 valence electrons. The minimum atomic E-state index is -0.0636. The van der Waals surface area contributed by atoms with Crippen molar-refractivity contribution in [2.75, 3.05) is 5.32 Å². The SMILES string of the molecule is O=C(Nc1cnccc1Cl)C1CCCc2sccc21. The van der Waals surface area contributed by atoms with Crippen LogP contribution in [0.25, 0.3) is 0 Å². The van der Waals surface area contributed by atoms with Gasteiger partial charge in [0.2, 0.25) is 5.91 Å². The molecule has 0 aromatic carbocycles. The number of aromatic nitrogens is 1. The Kier molecular flexibility index (Phi) is 3.53. The number of nitrogens with one attached hydrogen (secondary N) is 1. The summed E-state index contributed by atoms with van der Waals surface area (Å²) in [4.78, 5) is 17.7. The highest BCUT2D eigenvalue weighted by Gasteiger charge is 2.27. The Morgan fingerprint density at radius 2 is 2.37 bits per heavy atom. The molecule has 0 saturated heterocycles. The van der Waals surface area contributed by atoms with Crippen LogP contribution < -0.4 is 5.32 Å². The molecule has 0 fully saturated rings. The van der Waals surface area contributed by atoms with Gasteiger partial charge in [0.1, 0.15) is 0 Å². The second-order valence-electron chi connectivity index (χ2n) is 4.59. The van der Waals surface area contributed by atoms with Crippen LogP contribution in [0, 0.1) is 0 Å². The molecule has 0 aliphatic heterocycles. The van der Waals surface area contributed by atoms with Crippen molar-refractivity contribution in [1.29, 1.82) is 0 Å². The van der Waals surface area contributed by atoms with Crippen molar-refractivity contribution in [3.05, 3.63) is 45.4 Å². The molecule has 1 aliphatic rings. The molecule has 0 bridgehead atoms. The number of anilines is 1.